The highest BCUT2D eigenvalue weighted by molar-refractivity contribution is 6.31. The number of para-hydroxylation sites is 1. The number of aromatic nitrogens is 1. The van der Waals surface area contributed by atoms with E-state index < -0.39 is 41.1 Å². The Kier molecular flexibility index (Phi) is 7.06. The summed E-state index contributed by atoms with van der Waals surface area (Å²) < 4.78 is 76.9. The Morgan fingerprint density at radius 2 is 1.64 bits per heavy atom. The van der Waals surface area contributed by atoms with Crippen LogP contribution in [0, 0.1) is 11.6 Å². The van der Waals surface area contributed by atoms with Crippen LogP contribution in [-0.2, 0) is 11.0 Å². The maximum absolute atomic E-state index is 13.9. The van der Waals surface area contributed by atoms with Gasteiger partial charge in [0.2, 0.25) is 5.88 Å². The lowest BCUT2D eigenvalue weighted by molar-refractivity contribution is -0.137. The summed E-state index contributed by atoms with van der Waals surface area (Å²) in [6.45, 7) is 1.41. The Balaban J connectivity index is 1.66. The van der Waals surface area contributed by atoms with E-state index >= 15 is 0 Å². The van der Waals surface area contributed by atoms with Crippen molar-refractivity contribution < 1.29 is 36.2 Å². The topological polar surface area (TPSA) is 51.7 Å². The molecule has 0 N–H and O–H groups in total. The van der Waals surface area contributed by atoms with Gasteiger partial charge in [0.15, 0.2) is 6.10 Å². The van der Waals surface area contributed by atoms with Gasteiger partial charge < -0.3 is 14.4 Å². The quantitative estimate of drug-likeness (QED) is 0.386. The van der Waals surface area contributed by atoms with E-state index in [1.165, 1.54) is 44.3 Å². The highest BCUT2D eigenvalue weighted by Crippen LogP contribution is 2.35. The third kappa shape index (κ3) is 5.70. The summed E-state index contributed by atoms with van der Waals surface area (Å²) in [5.41, 5.74) is -1.51. The minimum atomic E-state index is -4.59. The molecular weight excluding hydrogens is 471 g/mol. The number of hydrogen-bond acceptors (Lipinski definition) is 4. The van der Waals surface area contributed by atoms with Gasteiger partial charge in [-0.25, -0.2) is 13.8 Å². The molecule has 3 rings (SSSR count). The molecule has 0 bridgehead atoms. The number of amides is 1. The number of rotatable bonds is 6. The van der Waals surface area contributed by atoms with E-state index in [-0.39, 0.29) is 22.4 Å². The van der Waals surface area contributed by atoms with Gasteiger partial charge in [-0.1, -0.05) is 17.7 Å². The molecule has 1 aromatic heterocycles. The normalized spacial score (nSPS) is 12.2. The first kappa shape index (κ1) is 24.2. The van der Waals surface area contributed by atoms with Crippen LogP contribution in [0.15, 0.2) is 54.7 Å². The lowest BCUT2D eigenvalue weighted by Gasteiger charge is -2.23. The maximum atomic E-state index is 13.9. The molecular formula is C22H16ClF5N2O3. The fraction of sp³-hybridized carbons (Fsp3) is 0.182. The van der Waals surface area contributed by atoms with Crippen LogP contribution in [0.25, 0.3) is 0 Å². The van der Waals surface area contributed by atoms with Crippen molar-refractivity contribution in [2.45, 2.75) is 19.2 Å². The monoisotopic (exact) mass is 486 g/mol. The molecule has 0 aliphatic heterocycles. The van der Waals surface area contributed by atoms with Gasteiger partial charge in [0.05, 0.1) is 5.56 Å². The Morgan fingerprint density at radius 3 is 2.18 bits per heavy atom. The Morgan fingerprint density at radius 1 is 1.06 bits per heavy atom. The van der Waals surface area contributed by atoms with E-state index in [1.807, 2.05) is 0 Å². The van der Waals surface area contributed by atoms with Crippen molar-refractivity contribution in [3.8, 4) is 17.4 Å². The Bertz CT molecular complexity index is 1140. The predicted molar refractivity (Wildman–Crippen MR) is 111 cm³/mol. The highest BCUT2D eigenvalue weighted by Gasteiger charge is 2.32. The van der Waals surface area contributed by atoms with Gasteiger partial charge in [0.1, 0.15) is 33.8 Å². The first-order valence-corrected chi connectivity index (χ1v) is 9.74. The molecule has 0 saturated heterocycles. The van der Waals surface area contributed by atoms with Crippen LogP contribution in [-0.4, -0.2) is 24.0 Å². The number of ether oxygens (including phenoxy) is 2. The smallest absolute Gasteiger partial charge is 0.417 e. The third-order valence-electron chi connectivity index (χ3n) is 4.44. The number of benzene rings is 2. The number of halogens is 6. The summed E-state index contributed by atoms with van der Waals surface area (Å²) in [6.07, 6.45) is -5.08. The molecule has 1 heterocycles. The molecule has 33 heavy (non-hydrogen) atoms. The molecule has 5 nitrogen and oxygen atoms in total. The van der Waals surface area contributed by atoms with Crippen molar-refractivity contribution in [2.24, 2.45) is 0 Å². The van der Waals surface area contributed by atoms with Crippen molar-refractivity contribution in [2.75, 3.05) is 11.9 Å². The van der Waals surface area contributed by atoms with Crippen LogP contribution >= 0.6 is 11.6 Å². The van der Waals surface area contributed by atoms with Crippen molar-refractivity contribution >= 4 is 23.2 Å². The Hall–Kier alpha value is -3.40. The number of carbonyl (C=O) groups is 1. The van der Waals surface area contributed by atoms with Crippen molar-refractivity contribution in [3.63, 3.8) is 0 Å². The number of carbonyl (C=O) groups excluding carboxylic acids is 1. The number of alkyl halides is 3. The van der Waals surface area contributed by atoms with E-state index in [2.05, 4.69) is 4.98 Å². The molecule has 3 aromatic rings. The molecule has 174 valence electrons. The van der Waals surface area contributed by atoms with Crippen molar-refractivity contribution in [3.05, 3.63) is 76.9 Å². The van der Waals surface area contributed by atoms with Crippen LogP contribution in [0.2, 0.25) is 5.02 Å². The van der Waals surface area contributed by atoms with E-state index in [1.54, 1.807) is 0 Å². The molecule has 2 aromatic carbocycles. The second-order valence-corrected chi connectivity index (χ2v) is 7.22. The van der Waals surface area contributed by atoms with Crippen molar-refractivity contribution in [1.82, 2.24) is 4.98 Å². The number of nitrogens with zero attached hydrogens (tertiary/aromatic N) is 2. The average Bonchev–Trinajstić information content (AvgIpc) is 2.75. The SMILES string of the molecule is C[C@@H](Oc1ccc(Oc2ncc(C(F)(F)F)cc2Cl)cc1)C(=O)N(C)c1c(F)cccc1F. The zero-order valence-electron chi connectivity index (χ0n) is 17.2. The summed E-state index contributed by atoms with van der Waals surface area (Å²) in [4.78, 5) is 16.9. The average molecular weight is 487 g/mol. The van der Waals surface area contributed by atoms with Crippen LogP contribution in [0.5, 0.6) is 17.4 Å². The van der Waals surface area contributed by atoms with Gasteiger partial charge >= 0.3 is 6.18 Å². The molecule has 1 amide bonds. The minimum Gasteiger partial charge on any atom is -0.481 e. The number of likely N-dealkylation sites (N-methyl/N-ethyl adjacent to an activating group) is 1. The number of anilines is 1. The van der Waals surface area contributed by atoms with E-state index in [0.29, 0.717) is 12.3 Å². The van der Waals surface area contributed by atoms with E-state index in [4.69, 9.17) is 21.1 Å². The van der Waals surface area contributed by atoms with Gasteiger partial charge in [0.25, 0.3) is 5.91 Å². The molecule has 11 heteroatoms. The molecule has 0 radical (unpaired) electrons. The lowest BCUT2D eigenvalue weighted by atomic mass is 10.2. The first-order chi connectivity index (χ1) is 15.5. The zero-order valence-corrected chi connectivity index (χ0v) is 17.9. The largest absolute Gasteiger partial charge is 0.481 e. The second kappa shape index (κ2) is 9.62. The molecule has 0 aliphatic rings. The molecule has 0 aliphatic carbocycles. The summed E-state index contributed by atoms with van der Waals surface area (Å²) >= 11 is 5.81. The summed E-state index contributed by atoms with van der Waals surface area (Å²) in [5.74, 6) is -2.28. The predicted octanol–water partition coefficient (Wildman–Crippen LogP) is 6.25. The van der Waals surface area contributed by atoms with Gasteiger partial charge in [-0.2, -0.15) is 13.2 Å². The summed E-state index contributed by atoms with van der Waals surface area (Å²) in [5, 5.41) is -0.326. The van der Waals surface area contributed by atoms with Gasteiger partial charge in [0, 0.05) is 13.2 Å². The van der Waals surface area contributed by atoms with E-state index in [0.717, 1.165) is 17.0 Å². The van der Waals surface area contributed by atoms with E-state index in [9.17, 15) is 26.7 Å². The maximum Gasteiger partial charge on any atom is 0.417 e. The summed E-state index contributed by atoms with van der Waals surface area (Å²) in [6, 6.07) is 9.65. The van der Waals surface area contributed by atoms with Crippen LogP contribution in [0.4, 0.5) is 27.6 Å². The van der Waals surface area contributed by atoms with Gasteiger partial charge in [-0.15, -0.1) is 0 Å². The zero-order chi connectivity index (χ0) is 24.3. The van der Waals surface area contributed by atoms with Crippen LogP contribution < -0.4 is 14.4 Å². The standard InChI is InChI=1S/C22H16ClF5N2O3/c1-12(21(31)30(2)19-17(24)4-3-5-18(19)25)32-14-6-8-15(9-7-14)33-20-16(23)10-13(11-29-20)22(26,27)28/h3-12H,1-2H3/t12-/m1/s1. The summed E-state index contributed by atoms with van der Waals surface area (Å²) in [7, 11) is 1.22. The fourth-order valence-electron chi connectivity index (χ4n) is 2.80. The third-order valence-corrected chi connectivity index (χ3v) is 4.71. The van der Waals surface area contributed by atoms with Crippen LogP contribution in [0.1, 0.15) is 12.5 Å². The molecule has 0 fully saturated rings. The van der Waals surface area contributed by atoms with Crippen LogP contribution in [0.3, 0.4) is 0 Å². The van der Waals surface area contributed by atoms with Gasteiger partial charge in [-0.05, 0) is 49.4 Å². The molecule has 0 unspecified atom stereocenters. The molecule has 1 atom stereocenters. The fourth-order valence-corrected chi connectivity index (χ4v) is 3.01. The van der Waals surface area contributed by atoms with Gasteiger partial charge in [-0.3, -0.25) is 4.79 Å². The molecule has 0 saturated carbocycles. The highest BCUT2D eigenvalue weighted by atomic mass is 35.5. The minimum absolute atomic E-state index is 0.195. The number of pyridine rings is 1. The number of hydrogen-bond donors (Lipinski definition) is 0. The molecule has 0 spiro atoms. The lowest BCUT2D eigenvalue weighted by Crippen LogP contribution is -2.38. The van der Waals surface area contributed by atoms with Crippen molar-refractivity contribution in [1.29, 1.82) is 0 Å². The Labute approximate surface area is 190 Å². The second-order valence-electron chi connectivity index (χ2n) is 6.81. The first-order valence-electron chi connectivity index (χ1n) is 9.36.